The van der Waals surface area contributed by atoms with Crippen molar-refractivity contribution in [2.45, 2.75) is 26.6 Å². The molecule has 0 amide bonds. The van der Waals surface area contributed by atoms with E-state index in [-0.39, 0.29) is 12.1 Å². The van der Waals surface area contributed by atoms with Crippen molar-refractivity contribution in [2.75, 3.05) is 0 Å². The van der Waals surface area contributed by atoms with E-state index in [4.69, 9.17) is 0 Å². The molecule has 3 nitrogen and oxygen atoms in total. The molecule has 0 aliphatic rings. The lowest BCUT2D eigenvalue weighted by Crippen LogP contribution is -2.19. The number of nitrogens with zero attached hydrogens (tertiary/aromatic N) is 1. The van der Waals surface area contributed by atoms with Crippen molar-refractivity contribution in [3.63, 3.8) is 0 Å². The second kappa shape index (κ2) is 4.60. The topological polar surface area (TPSA) is 37.8 Å². The van der Waals surface area contributed by atoms with E-state index in [0.29, 0.717) is 0 Å². The summed E-state index contributed by atoms with van der Waals surface area (Å²) in [6.45, 7) is 3.12. The first-order chi connectivity index (χ1) is 8.80. The van der Waals surface area contributed by atoms with Crippen molar-refractivity contribution in [1.82, 2.24) is 9.78 Å². The van der Waals surface area contributed by atoms with Crippen LogP contribution in [-0.2, 0) is 12.7 Å². The van der Waals surface area contributed by atoms with Crippen LogP contribution in [0.25, 0.3) is 0 Å². The molecule has 2 aromatic rings. The van der Waals surface area contributed by atoms with Gasteiger partial charge in [-0.3, -0.25) is 9.89 Å². The predicted molar refractivity (Wildman–Crippen MR) is 65.1 cm³/mol. The molecule has 0 bridgehead atoms. The molecular weight excluding hydrogens is 257 g/mol. The number of hydrogen-bond acceptors (Lipinski definition) is 1. The Bertz CT molecular complexity index is 653. The number of benzene rings is 1. The minimum atomic E-state index is -4.54. The highest BCUT2D eigenvalue weighted by atomic mass is 19.4. The molecule has 0 radical (unpaired) electrons. The van der Waals surface area contributed by atoms with Gasteiger partial charge in [0.05, 0.1) is 6.54 Å². The molecule has 0 fully saturated rings. The Kier molecular flexibility index (Phi) is 3.26. The first kappa shape index (κ1) is 13.5. The Balaban J connectivity index is 2.43. The third-order valence-corrected chi connectivity index (χ3v) is 3.06. The Labute approximate surface area is 107 Å². The van der Waals surface area contributed by atoms with Gasteiger partial charge >= 0.3 is 6.18 Å². The third-order valence-electron chi connectivity index (χ3n) is 3.06. The highest BCUT2D eigenvalue weighted by Gasteiger charge is 2.36. The maximum atomic E-state index is 12.7. The summed E-state index contributed by atoms with van der Waals surface area (Å²) in [5.74, 6) is 0. The van der Waals surface area contributed by atoms with Crippen molar-refractivity contribution in [3.05, 3.63) is 57.0 Å². The number of halogens is 3. The molecule has 102 valence electrons. The van der Waals surface area contributed by atoms with Gasteiger partial charge in [-0.2, -0.15) is 13.2 Å². The quantitative estimate of drug-likeness (QED) is 0.895. The van der Waals surface area contributed by atoms with Gasteiger partial charge in [0.2, 0.25) is 0 Å². The SMILES string of the molecule is Cc1ccccc1Cn1[nH]c(C(F)(F)F)c(C)c1=O. The van der Waals surface area contributed by atoms with Gasteiger partial charge in [0.1, 0.15) is 5.69 Å². The van der Waals surface area contributed by atoms with E-state index >= 15 is 0 Å². The van der Waals surface area contributed by atoms with E-state index in [1.165, 1.54) is 6.92 Å². The molecule has 0 saturated carbocycles. The fourth-order valence-electron chi connectivity index (χ4n) is 1.92. The number of aryl methyl sites for hydroxylation is 1. The molecule has 0 aliphatic carbocycles. The number of alkyl halides is 3. The van der Waals surface area contributed by atoms with E-state index in [1.54, 1.807) is 12.1 Å². The van der Waals surface area contributed by atoms with Crippen LogP contribution in [0.1, 0.15) is 22.4 Å². The Hall–Kier alpha value is -1.98. The van der Waals surface area contributed by atoms with Crippen LogP contribution in [0.15, 0.2) is 29.1 Å². The molecule has 19 heavy (non-hydrogen) atoms. The van der Waals surface area contributed by atoms with Crippen molar-refractivity contribution in [2.24, 2.45) is 0 Å². The molecule has 0 spiro atoms. The molecule has 2 rings (SSSR count). The smallest absolute Gasteiger partial charge is 0.291 e. The predicted octanol–water partition coefficient (Wildman–Crippen LogP) is 2.86. The van der Waals surface area contributed by atoms with Gasteiger partial charge in [-0.05, 0) is 25.0 Å². The monoisotopic (exact) mass is 270 g/mol. The maximum Gasteiger partial charge on any atom is 0.433 e. The van der Waals surface area contributed by atoms with E-state index in [9.17, 15) is 18.0 Å². The molecule has 0 aliphatic heterocycles. The fraction of sp³-hybridized carbons (Fsp3) is 0.308. The molecule has 1 heterocycles. The van der Waals surface area contributed by atoms with Crippen LogP contribution in [-0.4, -0.2) is 9.78 Å². The molecule has 0 unspecified atom stereocenters. The first-order valence-corrected chi connectivity index (χ1v) is 5.72. The van der Waals surface area contributed by atoms with Gasteiger partial charge < -0.3 is 0 Å². The Morgan fingerprint density at radius 2 is 1.84 bits per heavy atom. The average Bonchev–Trinajstić information content (AvgIpc) is 2.60. The van der Waals surface area contributed by atoms with Crippen molar-refractivity contribution in [1.29, 1.82) is 0 Å². The molecule has 1 aromatic carbocycles. The van der Waals surface area contributed by atoms with Crippen LogP contribution in [0.3, 0.4) is 0 Å². The van der Waals surface area contributed by atoms with Crippen LogP contribution >= 0.6 is 0 Å². The first-order valence-electron chi connectivity index (χ1n) is 5.72. The van der Waals surface area contributed by atoms with Gasteiger partial charge in [0, 0.05) is 5.56 Å². The van der Waals surface area contributed by atoms with E-state index in [0.717, 1.165) is 15.8 Å². The van der Waals surface area contributed by atoms with Gasteiger partial charge in [-0.25, -0.2) is 4.68 Å². The number of aromatic nitrogens is 2. The van der Waals surface area contributed by atoms with Gasteiger partial charge in [0.25, 0.3) is 5.56 Å². The van der Waals surface area contributed by atoms with Crippen LogP contribution in [0, 0.1) is 13.8 Å². The van der Waals surface area contributed by atoms with Crippen molar-refractivity contribution < 1.29 is 13.2 Å². The maximum absolute atomic E-state index is 12.7. The second-order valence-electron chi connectivity index (χ2n) is 4.43. The minimum absolute atomic E-state index is 0.0996. The van der Waals surface area contributed by atoms with Crippen LogP contribution in [0.2, 0.25) is 0 Å². The number of nitrogens with one attached hydrogen (secondary N) is 1. The van der Waals surface area contributed by atoms with Crippen molar-refractivity contribution >= 4 is 0 Å². The summed E-state index contributed by atoms with van der Waals surface area (Å²) < 4.78 is 39.0. The van der Waals surface area contributed by atoms with Gasteiger partial charge in [0.15, 0.2) is 0 Å². The molecule has 0 saturated heterocycles. The van der Waals surface area contributed by atoms with Crippen molar-refractivity contribution in [3.8, 4) is 0 Å². The van der Waals surface area contributed by atoms with E-state index in [2.05, 4.69) is 5.10 Å². The minimum Gasteiger partial charge on any atom is -0.291 e. The van der Waals surface area contributed by atoms with Gasteiger partial charge in [-0.1, -0.05) is 24.3 Å². The summed E-state index contributed by atoms with van der Waals surface area (Å²) in [5.41, 5.74) is -0.197. The zero-order valence-electron chi connectivity index (χ0n) is 10.5. The number of rotatable bonds is 2. The zero-order chi connectivity index (χ0) is 14.2. The molecule has 1 N–H and O–H groups in total. The standard InChI is InChI=1S/C13H13F3N2O/c1-8-5-3-4-6-10(8)7-18-12(19)9(2)11(17-18)13(14,15)16/h3-6,17H,7H2,1-2H3. The lowest BCUT2D eigenvalue weighted by atomic mass is 10.1. The Morgan fingerprint density at radius 1 is 1.21 bits per heavy atom. The van der Waals surface area contributed by atoms with Crippen LogP contribution < -0.4 is 5.56 Å². The fourth-order valence-corrected chi connectivity index (χ4v) is 1.92. The molecule has 1 aromatic heterocycles. The zero-order valence-corrected chi connectivity index (χ0v) is 10.5. The average molecular weight is 270 g/mol. The lowest BCUT2D eigenvalue weighted by Gasteiger charge is -2.07. The molecular formula is C13H13F3N2O. The van der Waals surface area contributed by atoms with Crippen LogP contribution in [0.5, 0.6) is 0 Å². The highest BCUT2D eigenvalue weighted by molar-refractivity contribution is 5.26. The normalized spacial score (nSPS) is 11.8. The summed E-state index contributed by atoms with van der Waals surface area (Å²) in [4.78, 5) is 11.8. The van der Waals surface area contributed by atoms with E-state index in [1.807, 2.05) is 19.1 Å². The lowest BCUT2D eigenvalue weighted by molar-refractivity contribution is -0.141. The summed E-state index contributed by atoms with van der Waals surface area (Å²) in [6.07, 6.45) is -4.54. The largest absolute Gasteiger partial charge is 0.433 e. The summed E-state index contributed by atoms with van der Waals surface area (Å²) in [5, 5.41) is 2.14. The molecule has 6 heteroatoms. The third kappa shape index (κ3) is 2.57. The molecule has 0 atom stereocenters. The highest BCUT2D eigenvalue weighted by Crippen LogP contribution is 2.28. The summed E-state index contributed by atoms with van der Waals surface area (Å²) >= 11 is 0. The number of H-pyrrole nitrogens is 1. The van der Waals surface area contributed by atoms with Gasteiger partial charge in [-0.15, -0.1) is 0 Å². The number of hydrogen-bond donors (Lipinski definition) is 1. The summed E-state index contributed by atoms with van der Waals surface area (Å²) in [7, 11) is 0. The number of aromatic amines is 1. The summed E-state index contributed by atoms with van der Waals surface area (Å²) in [6, 6.07) is 7.25. The van der Waals surface area contributed by atoms with E-state index < -0.39 is 17.4 Å². The van der Waals surface area contributed by atoms with Crippen LogP contribution in [0.4, 0.5) is 13.2 Å². The Morgan fingerprint density at radius 3 is 2.37 bits per heavy atom. The second-order valence-corrected chi connectivity index (χ2v) is 4.43.